The molecule has 0 aliphatic rings. The van der Waals surface area contributed by atoms with E-state index in [4.69, 9.17) is 13.6 Å². The summed E-state index contributed by atoms with van der Waals surface area (Å²) in [5.74, 6) is 1.32. The molecule has 0 atom stereocenters. The fourth-order valence-electron chi connectivity index (χ4n) is 2.67. The molecule has 0 aliphatic heterocycles. The topological polar surface area (TPSA) is 44.8 Å². The van der Waals surface area contributed by atoms with Crippen molar-refractivity contribution in [2.45, 2.75) is 33.6 Å². The van der Waals surface area contributed by atoms with Gasteiger partial charge in [0.1, 0.15) is 17.2 Å². The van der Waals surface area contributed by atoms with Crippen LogP contribution in [0.15, 0.2) is 72.8 Å². The molecule has 0 unspecified atom stereocenters. The molecule has 28 heavy (non-hydrogen) atoms. The molecule has 4 nitrogen and oxygen atoms in total. The molecular formula is C23H25O4P. The largest absolute Gasteiger partial charge is 0.647 e. The summed E-state index contributed by atoms with van der Waals surface area (Å²) in [6, 6.07) is 22.2. The van der Waals surface area contributed by atoms with Crippen LogP contribution in [-0.4, -0.2) is 0 Å². The second-order valence-electron chi connectivity index (χ2n) is 6.48. The molecule has 5 heteroatoms. The quantitative estimate of drug-likeness (QED) is 0.394. The zero-order valence-electron chi connectivity index (χ0n) is 16.4. The van der Waals surface area contributed by atoms with Gasteiger partial charge in [0, 0.05) is 0 Å². The van der Waals surface area contributed by atoms with Crippen LogP contribution < -0.4 is 13.6 Å². The Kier molecular flexibility index (Phi) is 6.43. The number of para-hydroxylation sites is 1. The SMILES string of the molecule is CCc1ccc(OP(=O)(Oc2ccc(CC)cc2)Oc2ccccc2C)cc1. The summed E-state index contributed by atoms with van der Waals surface area (Å²) in [5, 5.41) is 0. The summed E-state index contributed by atoms with van der Waals surface area (Å²) in [4.78, 5) is 0. The lowest BCUT2D eigenvalue weighted by Crippen LogP contribution is -2.08. The van der Waals surface area contributed by atoms with E-state index in [9.17, 15) is 4.57 Å². The van der Waals surface area contributed by atoms with Gasteiger partial charge in [-0.05, 0) is 66.8 Å². The van der Waals surface area contributed by atoms with Gasteiger partial charge in [0.2, 0.25) is 0 Å². The minimum atomic E-state index is -3.96. The molecule has 0 radical (unpaired) electrons. The first kappa shape index (κ1) is 20.0. The number of hydrogen-bond acceptors (Lipinski definition) is 4. The highest BCUT2D eigenvalue weighted by atomic mass is 31.2. The lowest BCUT2D eigenvalue weighted by atomic mass is 10.2. The van der Waals surface area contributed by atoms with E-state index in [0.717, 1.165) is 29.5 Å². The molecule has 3 aromatic carbocycles. The zero-order valence-corrected chi connectivity index (χ0v) is 17.3. The van der Waals surface area contributed by atoms with Crippen molar-refractivity contribution in [1.82, 2.24) is 0 Å². The van der Waals surface area contributed by atoms with Gasteiger partial charge in [-0.15, -0.1) is 0 Å². The second kappa shape index (κ2) is 8.99. The van der Waals surface area contributed by atoms with Crippen LogP contribution in [0.5, 0.6) is 17.2 Å². The number of rotatable bonds is 8. The first-order valence-electron chi connectivity index (χ1n) is 9.43. The minimum Gasteiger partial charge on any atom is -0.386 e. The van der Waals surface area contributed by atoms with Crippen LogP contribution in [0.2, 0.25) is 0 Å². The Hall–Kier alpha value is -2.71. The molecule has 0 amide bonds. The molecule has 0 spiro atoms. The Balaban J connectivity index is 1.89. The lowest BCUT2D eigenvalue weighted by molar-refractivity contribution is 0.297. The standard InChI is InChI=1S/C23H25O4P/c1-4-19-10-14-21(15-11-19)25-28(24,27-23-9-7-6-8-18(23)3)26-22-16-12-20(5-2)13-17-22/h6-17H,4-5H2,1-3H3. The average molecular weight is 396 g/mol. The molecule has 0 saturated heterocycles. The smallest absolute Gasteiger partial charge is 0.386 e. The van der Waals surface area contributed by atoms with E-state index in [1.54, 1.807) is 30.3 Å². The third-order valence-corrected chi connectivity index (χ3v) is 5.69. The van der Waals surface area contributed by atoms with E-state index in [2.05, 4.69) is 13.8 Å². The molecule has 0 heterocycles. The summed E-state index contributed by atoms with van der Waals surface area (Å²) < 4.78 is 30.7. The van der Waals surface area contributed by atoms with Crippen molar-refractivity contribution in [3.63, 3.8) is 0 Å². The predicted molar refractivity (Wildman–Crippen MR) is 112 cm³/mol. The van der Waals surface area contributed by atoms with E-state index in [1.807, 2.05) is 49.4 Å². The monoisotopic (exact) mass is 396 g/mol. The Morgan fingerprint density at radius 2 is 1.14 bits per heavy atom. The number of phosphoric acid groups is 1. The summed E-state index contributed by atoms with van der Waals surface area (Å²) in [6.45, 7) is 6.03. The number of benzene rings is 3. The van der Waals surface area contributed by atoms with Crippen LogP contribution in [0.25, 0.3) is 0 Å². The van der Waals surface area contributed by atoms with Gasteiger partial charge in [0.05, 0.1) is 0 Å². The van der Waals surface area contributed by atoms with Crippen molar-refractivity contribution in [3.8, 4) is 17.2 Å². The van der Waals surface area contributed by atoms with Gasteiger partial charge in [-0.2, -0.15) is 4.57 Å². The summed E-state index contributed by atoms with van der Waals surface area (Å²) in [6.07, 6.45) is 1.83. The molecule has 0 aliphatic carbocycles. The van der Waals surface area contributed by atoms with E-state index < -0.39 is 7.82 Å². The zero-order chi connectivity index (χ0) is 20.0. The third-order valence-electron chi connectivity index (χ3n) is 4.40. The maximum absolute atomic E-state index is 13.5. The number of aryl methyl sites for hydroxylation is 3. The van der Waals surface area contributed by atoms with Gasteiger partial charge in [0.15, 0.2) is 0 Å². The normalized spacial score (nSPS) is 11.1. The Morgan fingerprint density at radius 3 is 1.57 bits per heavy atom. The highest BCUT2D eigenvalue weighted by molar-refractivity contribution is 7.49. The molecule has 0 saturated carbocycles. The van der Waals surface area contributed by atoms with E-state index in [-0.39, 0.29) is 0 Å². The second-order valence-corrected chi connectivity index (χ2v) is 7.92. The van der Waals surface area contributed by atoms with Crippen LogP contribution in [0.4, 0.5) is 0 Å². The van der Waals surface area contributed by atoms with Crippen molar-refractivity contribution in [1.29, 1.82) is 0 Å². The van der Waals surface area contributed by atoms with Crippen LogP contribution in [0.1, 0.15) is 30.5 Å². The molecule has 0 N–H and O–H groups in total. The maximum atomic E-state index is 13.5. The first-order valence-corrected chi connectivity index (χ1v) is 10.9. The Morgan fingerprint density at radius 1 is 0.679 bits per heavy atom. The van der Waals surface area contributed by atoms with Crippen molar-refractivity contribution in [2.75, 3.05) is 0 Å². The average Bonchev–Trinajstić information content (AvgIpc) is 2.71. The molecule has 3 aromatic rings. The van der Waals surface area contributed by atoms with E-state index in [0.29, 0.717) is 17.2 Å². The van der Waals surface area contributed by atoms with Crippen molar-refractivity contribution in [3.05, 3.63) is 89.5 Å². The highest BCUT2D eigenvalue weighted by Crippen LogP contribution is 2.50. The van der Waals surface area contributed by atoms with Gasteiger partial charge in [-0.1, -0.05) is 56.3 Å². The summed E-state index contributed by atoms with van der Waals surface area (Å²) in [5.41, 5.74) is 3.17. The predicted octanol–water partition coefficient (Wildman–Crippen LogP) is 6.76. The fourth-order valence-corrected chi connectivity index (χ4v) is 3.98. The maximum Gasteiger partial charge on any atom is 0.647 e. The molecular weight excluding hydrogens is 371 g/mol. The van der Waals surface area contributed by atoms with Crippen molar-refractivity contribution >= 4 is 7.82 Å². The van der Waals surface area contributed by atoms with Crippen LogP contribution in [0.3, 0.4) is 0 Å². The fraction of sp³-hybridized carbons (Fsp3) is 0.217. The van der Waals surface area contributed by atoms with E-state index >= 15 is 0 Å². The summed E-state index contributed by atoms with van der Waals surface area (Å²) in [7, 11) is -3.96. The molecule has 0 bridgehead atoms. The lowest BCUT2D eigenvalue weighted by Gasteiger charge is -2.20. The third kappa shape index (κ3) is 5.17. The van der Waals surface area contributed by atoms with Crippen molar-refractivity contribution < 1.29 is 18.1 Å². The van der Waals surface area contributed by atoms with Gasteiger partial charge in [-0.25, -0.2) is 0 Å². The van der Waals surface area contributed by atoms with Gasteiger partial charge < -0.3 is 13.6 Å². The molecule has 3 rings (SSSR count). The molecule has 146 valence electrons. The molecule has 0 aromatic heterocycles. The molecule has 0 fully saturated rings. The van der Waals surface area contributed by atoms with Gasteiger partial charge >= 0.3 is 7.82 Å². The van der Waals surface area contributed by atoms with Crippen LogP contribution in [0, 0.1) is 6.92 Å². The van der Waals surface area contributed by atoms with Crippen molar-refractivity contribution in [2.24, 2.45) is 0 Å². The highest BCUT2D eigenvalue weighted by Gasteiger charge is 2.33. The number of phosphoric ester groups is 1. The number of hydrogen-bond donors (Lipinski definition) is 0. The Bertz CT molecular complexity index is 896. The van der Waals surface area contributed by atoms with E-state index in [1.165, 1.54) is 0 Å². The van der Waals surface area contributed by atoms with Gasteiger partial charge in [-0.3, -0.25) is 0 Å². The Labute approximate surface area is 166 Å². The summed E-state index contributed by atoms with van der Waals surface area (Å²) >= 11 is 0. The van der Waals surface area contributed by atoms with Crippen LogP contribution in [-0.2, 0) is 17.4 Å². The first-order chi connectivity index (χ1) is 13.5. The van der Waals surface area contributed by atoms with Gasteiger partial charge in [0.25, 0.3) is 0 Å². The van der Waals surface area contributed by atoms with Crippen LogP contribution >= 0.6 is 7.82 Å². The minimum absolute atomic E-state index is 0.430.